The van der Waals surface area contributed by atoms with Gasteiger partial charge in [-0.15, -0.1) is 0 Å². The number of carboxylic acids is 1. The number of carbonyl (C=O) groups is 2. The van der Waals surface area contributed by atoms with Crippen molar-refractivity contribution >= 4 is 17.7 Å². The molecule has 0 spiro atoms. The summed E-state index contributed by atoms with van der Waals surface area (Å²) in [6.07, 6.45) is 3.44. The molecule has 0 bridgehead atoms. The number of carbonyl (C=O) groups excluding carboxylic acids is 1. The number of rotatable bonds is 5. The second-order valence-electron chi connectivity index (χ2n) is 5.17. The van der Waals surface area contributed by atoms with Crippen molar-refractivity contribution in [2.24, 2.45) is 0 Å². The number of benzene rings is 1. The number of likely N-dealkylation sites (tertiary alicyclic amines) is 1. The van der Waals surface area contributed by atoms with E-state index in [0.29, 0.717) is 12.1 Å². The van der Waals surface area contributed by atoms with Gasteiger partial charge in [-0.05, 0) is 49.9 Å². The molecule has 2 rings (SSSR count). The van der Waals surface area contributed by atoms with Gasteiger partial charge in [0.1, 0.15) is 0 Å². The maximum atomic E-state index is 12.2. The van der Waals surface area contributed by atoms with Gasteiger partial charge in [0, 0.05) is 24.9 Å². The van der Waals surface area contributed by atoms with Crippen LogP contribution in [-0.2, 0) is 0 Å². The lowest BCUT2D eigenvalue weighted by Crippen LogP contribution is -2.38. The Labute approximate surface area is 123 Å². The highest BCUT2D eigenvalue weighted by Crippen LogP contribution is 2.22. The number of aliphatic hydroxyl groups excluding tert-OH is 1. The van der Waals surface area contributed by atoms with Gasteiger partial charge < -0.3 is 20.4 Å². The van der Waals surface area contributed by atoms with Crippen molar-refractivity contribution in [1.82, 2.24) is 4.90 Å². The number of urea groups is 1. The Morgan fingerprint density at radius 3 is 2.62 bits per heavy atom. The smallest absolute Gasteiger partial charge is 0.335 e. The first kappa shape index (κ1) is 15.3. The molecule has 1 fully saturated rings. The molecule has 0 aromatic heterocycles. The van der Waals surface area contributed by atoms with Gasteiger partial charge in [0.05, 0.1) is 5.56 Å². The van der Waals surface area contributed by atoms with E-state index in [2.05, 4.69) is 5.32 Å². The monoisotopic (exact) mass is 292 g/mol. The summed E-state index contributed by atoms with van der Waals surface area (Å²) in [6.45, 7) is 0.859. The molecule has 2 amide bonds. The zero-order valence-corrected chi connectivity index (χ0v) is 11.8. The van der Waals surface area contributed by atoms with Crippen molar-refractivity contribution in [2.45, 2.75) is 31.7 Å². The summed E-state index contributed by atoms with van der Waals surface area (Å²) in [5.74, 6) is -0.989. The van der Waals surface area contributed by atoms with Crippen LogP contribution in [0.15, 0.2) is 24.3 Å². The molecule has 1 aliphatic rings. The van der Waals surface area contributed by atoms with Gasteiger partial charge in [-0.25, -0.2) is 9.59 Å². The topological polar surface area (TPSA) is 89.9 Å². The minimum Gasteiger partial charge on any atom is -0.478 e. The van der Waals surface area contributed by atoms with Crippen molar-refractivity contribution in [1.29, 1.82) is 0 Å². The molecule has 1 unspecified atom stereocenters. The van der Waals surface area contributed by atoms with Crippen LogP contribution in [0.3, 0.4) is 0 Å². The Morgan fingerprint density at radius 2 is 2.00 bits per heavy atom. The van der Waals surface area contributed by atoms with Gasteiger partial charge in [0.2, 0.25) is 0 Å². The first-order chi connectivity index (χ1) is 10.1. The van der Waals surface area contributed by atoms with Crippen molar-refractivity contribution in [2.75, 3.05) is 18.5 Å². The van der Waals surface area contributed by atoms with E-state index in [-0.39, 0.29) is 24.2 Å². The summed E-state index contributed by atoms with van der Waals surface area (Å²) in [5, 5.41) is 20.5. The molecule has 6 nitrogen and oxygen atoms in total. The molecule has 1 saturated heterocycles. The van der Waals surface area contributed by atoms with Crippen molar-refractivity contribution in [3.8, 4) is 0 Å². The van der Waals surface area contributed by atoms with Crippen molar-refractivity contribution in [3.05, 3.63) is 29.8 Å². The quantitative estimate of drug-likeness (QED) is 0.775. The minimum absolute atomic E-state index is 0.141. The summed E-state index contributed by atoms with van der Waals surface area (Å²) in [5.41, 5.74) is 0.771. The van der Waals surface area contributed by atoms with Crippen LogP contribution in [0, 0.1) is 0 Å². The molecule has 0 radical (unpaired) electrons. The average Bonchev–Trinajstić information content (AvgIpc) is 2.94. The van der Waals surface area contributed by atoms with Gasteiger partial charge in [0.25, 0.3) is 0 Å². The Hall–Kier alpha value is -2.08. The third-order valence-electron chi connectivity index (χ3n) is 3.72. The van der Waals surface area contributed by atoms with Crippen LogP contribution in [0.5, 0.6) is 0 Å². The third-order valence-corrected chi connectivity index (χ3v) is 3.72. The minimum atomic E-state index is -0.989. The lowest BCUT2D eigenvalue weighted by molar-refractivity contribution is 0.0697. The number of hydrogen-bond acceptors (Lipinski definition) is 3. The van der Waals surface area contributed by atoms with E-state index in [1.165, 1.54) is 12.1 Å². The Bertz CT molecular complexity index is 501. The number of anilines is 1. The predicted molar refractivity (Wildman–Crippen MR) is 78.5 cm³/mol. The second-order valence-corrected chi connectivity index (χ2v) is 5.17. The summed E-state index contributed by atoms with van der Waals surface area (Å²) in [6, 6.07) is 6.10. The van der Waals surface area contributed by atoms with E-state index in [1.54, 1.807) is 17.0 Å². The van der Waals surface area contributed by atoms with E-state index >= 15 is 0 Å². The number of nitrogens with zero attached hydrogens (tertiary/aromatic N) is 1. The number of carboxylic acid groups (broad SMARTS) is 1. The third kappa shape index (κ3) is 3.95. The highest BCUT2D eigenvalue weighted by Gasteiger charge is 2.28. The van der Waals surface area contributed by atoms with Crippen molar-refractivity contribution < 1.29 is 19.8 Å². The number of aromatic carboxylic acids is 1. The molecule has 114 valence electrons. The van der Waals surface area contributed by atoms with E-state index in [1.807, 2.05) is 0 Å². The fraction of sp³-hybridized carbons (Fsp3) is 0.467. The molecule has 1 atom stereocenters. The lowest BCUT2D eigenvalue weighted by Gasteiger charge is -2.24. The summed E-state index contributed by atoms with van der Waals surface area (Å²) in [7, 11) is 0. The normalized spacial score (nSPS) is 17.8. The molecule has 0 saturated carbocycles. The number of aliphatic hydroxyl groups is 1. The molecular weight excluding hydrogens is 272 g/mol. The van der Waals surface area contributed by atoms with E-state index in [4.69, 9.17) is 10.2 Å². The van der Waals surface area contributed by atoms with Gasteiger partial charge >= 0.3 is 12.0 Å². The molecule has 6 heteroatoms. The van der Waals surface area contributed by atoms with Crippen LogP contribution < -0.4 is 5.32 Å². The van der Waals surface area contributed by atoms with E-state index < -0.39 is 5.97 Å². The molecule has 0 aliphatic carbocycles. The SMILES string of the molecule is O=C(O)c1ccc(NC(=O)N2CCCC2CCCO)cc1. The molecular formula is C15H20N2O4. The highest BCUT2D eigenvalue weighted by atomic mass is 16.4. The van der Waals surface area contributed by atoms with Crippen LogP contribution >= 0.6 is 0 Å². The van der Waals surface area contributed by atoms with E-state index in [0.717, 1.165) is 25.8 Å². The Morgan fingerprint density at radius 1 is 1.29 bits per heavy atom. The predicted octanol–water partition coefficient (Wildman–Crippen LogP) is 2.15. The second kappa shape index (κ2) is 7.08. The fourth-order valence-corrected chi connectivity index (χ4v) is 2.62. The maximum Gasteiger partial charge on any atom is 0.335 e. The maximum absolute atomic E-state index is 12.2. The number of nitrogens with one attached hydrogen (secondary N) is 1. The van der Waals surface area contributed by atoms with Gasteiger partial charge in [-0.2, -0.15) is 0 Å². The van der Waals surface area contributed by atoms with Crippen LogP contribution in [0.25, 0.3) is 0 Å². The fourth-order valence-electron chi connectivity index (χ4n) is 2.62. The first-order valence-corrected chi connectivity index (χ1v) is 7.13. The standard InChI is InChI=1S/C15H20N2O4/c18-10-2-4-13-3-1-9-17(13)15(21)16-12-7-5-11(6-8-12)14(19)20/h5-8,13,18H,1-4,9-10H2,(H,16,21)(H,19,20). The van der Waals surface area contributed by atoms with Gasteiger partial charge in [0.15, 0.2) is 0 Å². The zero-order valence-electron chi connectivity index (χ0n) is 11.8. The molecule has 1 aromatic rings. The Kier molecular flexibility index (Phi) is 5.16. The summed E-state index contributed by atoms with van der Waals surface area (Å²) >= 11 is 0. The summed E-state index contributed by atoms with van der Waals surface area (Å²) < 4.78 is 0. The van der Waals surface area contributed by atoms with Crippen LogP contribution in [0.1, 0.15) is 36.0 Å². The molecule has 1 aliphatic heterocycles. The van der Waals surface area contributed by atoms with Crippen LogP contribution in [0.2, 0.25) is 0 Å². The zero-order chi connectivity index (χ0) is 15.2. The van der Waals surface area contributed by atoms with Crippen LogP contribution in [-0.4, -0.2) is 46.3 Å². The molecule has 1 heterocycles. The van der Waals surface area contributed by atoms with Crippen molar-refractivity contribution in [3.63, 3.8) is 0 Å². The molecule has 21 heavy (non-hydrogen) atoms. The van der Waals surface area contributed by atoms with Gasteiger partial charge in [-0.1, -0.05) is 0 Å². The lowest BCUT2D eigenvalue weighted by atomic mass is 10.1. The van der Waals surface area contributed by atoms with E-state index in [9.17, 15) is 9.59 Å². The summed E-state index contributed by atoms with van der Waals surface area (Å²) in [4.78, 5) is 24.8. The first-order valence-electron chi connectivity index (χ1n) is 7.13. The largest absolute Gasteiger partial charge is 0.478 e. The van der Waals surface area contributed by atoms with Crippen LogP contribution in [0.4, 0.5) is 10.5 Å². The average molecular weight is 292 g/mol. The Balaban J connectivity index is 1.95. The number of hydrogen-bond donors (Lipinski definition) is 3. The number of amides is 2. The van der Waals surface area contributed by atoms with Gasteiger partial charge in [-0.3, -0.25) is 0 Å². The molecule has 1 aromatic carbocycles. The highest BCUT2D eigenvalue weighted by molar-refractivity contribution is 5.91. The molecule has 3 N–H and O–H groups in total.